The summed E-state index contributed by atoms with van der Waals surface area (Å²) < 4.78 is 0. The Kier molecular flexibility index (Phi) is 1.86. The van der Waals surface area contributed by atoms with E-state index >= 15 is 0 Å². The fourth-order valence-corrected chi connectivity index (χ4v) is 2.44. The van der Waals surface area contributed by atoms with Crippen molar-refractivity contribution in [3.8, 4) is 11.3 Å². The van der Waals surface area contributed by atoms with Crippen molar-refractivity contribution in [2.45, 2.75) is 0 Å². The second-order valence-corrected chi connectivity index (χ2v) is 4.55. The largest absolute Gasteiger partial charge is 0.361 e. The molecule has 2 nitrogen and oxygen atoms in total. The highest BCUT2D eigenvalue weighted by atomic mass is 14.7. The molecule has 0 saturated carbocycles. The molecule has 2 aromatic heterocycles. The first-order valence-corrected chi connectivity index (χ1v) is 6.05. The summed E-state index contributed by atoms with van der Waals surface area (Å²) >= 11 is 0. The quantitative estimate of drug-likeness (QED) is 0.490. The van der Waals surface area contributed by atoms with Crippen molar-refractivity contribution in [2.75, 3.05) is 0 Å². The molecular formula is C16H12N2. The number of rotatable bonds is 1. The first-order chi connectivity index (χ1) is 8.90. The molecule has 2 heteroatoms. The molecule has 0 unspecified atom stereocenters. The fourth-order valence-electron chi connectivity index (χ4n) is 2.44. The van der Waals surface area contributed by atoms with E-state index in [2.05, 4.69) is 64.6 Å². The van der Waals surface area contributed by atoms with Crippen LogP contribution in [0.25, 0.3) is 33.1 Å². The fraction of sp³-hybridized carbons (Fsp3) is 0. The Morgan fingerprint density at radius 3 is 2.61 bits per heavy atom. The van der Waals surface area contributed by atoms with Gasteiger partial charge in [-0.05, 0) is 29.7 Å². The maximum Gasteiger partial charge on any atom is 0.0465 e. The molecule has 0 bridgehead atoms. The zero-order valence-corrected chi connectivity index (χ0v) is 9.77. The zero-order valence-electron chi connectivity index (χ0n) is 9.77. The van der Waals surface area contributed by atoms with E-state index in [9.17, 15) is 0 Å². The number of hydrogen-bond acceptors (Lipinski definition) is 0. The van der Waals surface area contributed by atoms with Crippen LogP contribution in [0.5, 0.6) is 0 Å². The van der Waals surface area contributed by atoms with Crippen molar-refractivity contribution in [1.29, 1.82) is 0 Å². The second kappa shape index (κ2) is 3.50. The summed E-state index contributed by atoms with van der Waals surface area (Å²) in [5.74, 6) is 0. The van der Waals surface area contributed by atoms with Crippen molar-refractivity contribution < 1.29 is 0 Å². The number of fused-ring (bicyclic) bond motifs is 2. The van der Waals surface area contributed by atoms with Crippen LogP contribution in [0.2, 0.25) is 0 Å². The number of aromatic amines is 2. The van der Waals surface area contributed by atoms with Crippen LogP contribution in [0.4, 0.5) is 0 Å². The van der Waals surface area contributed by atoms with E-state index in [0.717, 1.165) is 5.69 Å². The molecule has 0 atom stereocenters. The molecule has 4 rings (SSSR count). The molecule has 2 N–H and O–H groups in total. The van der Waals surface area contributed by atoms with Gasteiger partial charge in [0.2, 0.25) is 0 Å². The van der Waals surface area contributed by atoms with Crippen LogP contribution in [0.15, 0.2) is 60.8 Å². The van der Waals surface area contributed by atoms with E-state index in [0.29, 0.717) is 0 Å². The summed E-state index contributed by atoms with van der Waals surface area (Å²) in [6.07, 6.45) is 1.97. The molecule has 2 aromatic carbocycles. The van der Waals surface area contributed by atoms with Crippen LogP contribution < -0.4 is 0 Å². The summed E-state index contributed by atoms with van der Waals surface area (Å²) in [5, 5.41) is 2.49. The van der Waals surface area contributed by atoms with Gasteiger partial charge in [0.15, 0.2) is 0 Å². The molecule has 0 spiro atoms. The number of aromatic nitrogens is 2. The third-order valence-corrected chi connectivity index (χ3v) is 3.40. The molecule has 0 aliphatic carbocycles. The lowest BCUT2D eigenvalue weighted by atomic mass is 10.1. The van der Waals surface area contributed by atoms with Crippen LogP contribution in [-0.4, -0.2) is 9.97 Å². The Labute approximate surface area is 104 Å². The molecule has 2 heterocycles. The predicted molar refractivity (Wildman–Crippen MR) is 75.6 cm³/mol. The predicted octanol–water partition coefficient (Wildman–Crippen LogP) is 4.32. The Morgan fingerprint density at radius 1 is 0.722 bits per heavy atom. The molecule has 4 aromatic rings. The number of hydrogen-bond donors (Lipinski definition) is 2. The van der Waals surface area contributed by atoms with Gasteiger partial charge in [-0.2, -0.15) is 0 Å². The summed E-state index contributed by atoms with van der Waals surface area (Å²) in [6.45, 7) is 0. The average Bonchev–Trinajstić information content (AvgIpc) is 3.04. The molecule has 86 valence electrons. The molecule has 0 aliphatic heterocycles. The lowest BCUT2D eigenvalue weighted by Crippen LogP contribution is -1.77. The summed E-state index contributed by atoms with van der Waals surface area (Å²) in [4.78, 5) is 6.70. The van der Waals surface area contributed by atoms with Crippen molar-refractivity contribution >= 4 is 21.8 Å². The van der Waals surface area contributed by atoms with Crippen molar-refractivity contribution in [1.82, 2.24) is 9.97 Å². The lowest BCUT2D eigenvalue weighted by molar-refractivity contribution is 1.44. The smallest absolute Gasteiger partial charge is 0.0465 e. The van der Waals surface area contributed by atoms with Gasteiger partial charge in [-0.15, -0.1) is 0 Å². The van der Waals surface area contributed by atoms with E-state index in [1.807, 2.05) is 6.20 Å². The monoisotopic (exact) mass is 232 g/mol. The van der Waals surface area contributed by atoms with Crippen LogP contribution in [0.1, 0.15) is 0 Å². The third kappa shape index (κ3) is 1.36. The topological polar surface area (TPSA) is 31.6 Å². The van der Waals surface area contributed by atoms with Gasteiger partial charge in [-0.25, -0.2) is 0 Å². The van der Waals surface area contributed by atoms with Gasteiger partial charge in [-0.3, -0.25) is 0 Å². The van der Waals surface area contributed by atoms with Crippen LogP contribution >= 0.6 is 0 Å². The lowest BCUT2D eigenvalue weighted by Gasteiger charge is -1.98. The molecule has 0 saturated heterocycles. The number of para-hydroxylation sites is 1. The molecule has 0 fully saturated rings. The van der Waals surface area contributed by atoms with Gasteiger partial charge in [-0.1, -0.05) is 30.3 Å². The van der Waals surface area contributed by atoms with Gasteiger partial charge < -0.3 is 9.97 Å². The number of nitrogens with one attached hydrogen (secondary N) is 2. The van der Waals surface area contributed by atoms with E-state index in [4.69, 9.17) is 0 Å². The Bertz CT molecular complexity index is 803. The SMILES string of the molecule is c1ccc2[nH]c(-c3ccc4cc[nH]c4c3)cc2c1. The van der Waals surface area contributed by atoms with Crippen molar-refractivity contribution in [3.63, 3.8) is 0 Å². The molecular weight excluding hydrogens is 220 g/mol. The first kappa shape index (κ1) is 9.54. The highest BCUT2D eigenvalue weighted by molar-refractivity contribution is 5.89. The maximum atomic E-state index is 3.45. The standard InChI is InChI=1S/C16H12N2/c1-2-4-14-12(3-1)10-16(18-14)13-6-5-11-7-8-17-15(11)9-13/h1-10,17-18H. The normalized spacial score (nSPS) is 11.3. The Balaban J connectivity index is 1.94. The van der Waals surface area contributed by atoms with Gasteiger partial charge in [0.1, 0.15) is 0 Å². The van der Waals surface area contributed by atoms with Gasteiger partial charge in [0.25, 0.3) is 0 Å². The minimum absolute atomic E-state index is 1.16. The van der Waals surface area contributed by atoms with Gasteiger partial charge in [0.05, 0.1) is 0 Å². The molecule has 0 amide bonds. The van der Waals surface area contributed by atoms with Crippen molar-refractivity contribution in [3.05, 3.63) is 60.8 Å². The molecule has 18 heavy (non-hydrogen) atoms. The third-order valence-electron chi connectivity index (χ3n) is 3.40. The highest BCUT2D eigenvalue weighted by Crippen LogP contribution is 2.26. The van der Waals surface area contributed by atoms with Crippen LogP contribution in [0, 0.1) is 0 Å². The summed E-state index contributed by atoms with van der Waals surface area (Å²) in [7, 11) is 0. The van der Waals surface area contributed by atoms with E-state index < -0.39 is 0 Å². The highest BCUT2D eigenvalue weighted by Gasteiger charge is 2.04. The van der Waals surface area contributed by atoms with Gasteiger partial charge in [0, 0.05) is 33.9 Å². The molecule has 0 radical (unpaired) electrons. The number of H-pyrrole nitrogens is 2. The van der Waals surface area contributed by atoms with Crippen LogP contribution in [-0.2, 0) is 0 Å². The van der Waals surface area contributed by atoms with E-state index in [1.54, 1.807) is 0 Å². The average molecular weight is 232 g/mol. The summed E-state index contributed by atoms with van der Waals surface area (Å²) in [6, 6.07) is 19.1. The first-order valence-electron chi connectivity index (χ1n) is 6.05. The second-order valence-electron chi connectivity index (χ2n) is 4.55. The number of benzene rings is 2. The maximum absolute atomic E-state index is 3.45. The van der Waals surface area contributed by atoms with Crippen molar-refractivity contribution in [2.24, 2.45) is 0 Å². The minimum Gasteiger partial charge on any atom is -0.361 e. The van der Waals surface area contributed by atoms with E-state index in [1.165, 1.54) is 27.4 Å². The van der Waals surface area contributed by atoms with Crippen LogP contribution in [0.3, 0.4) is 0 Å². The van der Waals surface area contributed by atoms with E-state index in [-0.39, 0.29) is 0 Å². The molecule has 0 aliphatic rings. The Hall–Kier alpha value is -2.48. The Morgan fingerprint density at radius 2 is 1.67 bits per heavy atom. The van der Waals surface area contributed by atoms with Gasteiger partial charge >= 0.3 is 0 Å². The summed E-state index contributed by atoms with van der Waals surface area (Å²) in [5.41, 5.74) is 4.72. The zero-order chi connectivity index (χ0) is 11.9. The minimum atomic E-state index is 1.16.